The number of esters is 3. The van der Waals surface area contributed by atoms with Crippen LogP contribution in [0.2, 0.25) is 0 Å². The van der Waals surface area contributed by atoms with Gasteiger partial charge in [0, 0.05) is 19.3 Å². The average molecular weight is 934 g/mol. The second kappa shape index (κ2) is 51.3. The van der Waals surface area contributed by atoms with E-state index < -0.39 is 6.10 Å². The Bertz CT molecular complexity index is 1020. The molecule has 0 radical (unpaired) electrons. The fourth-order valence-electron chi connectivity index (χ4n) is 9.14. The maximum Gasteiger partial charge on any atom is 0.306 e. The highest BCUT2D eigenvalue weighted by atomic mass is 16.6. The molecule has 0 bridgehead atoms. The van der Waals surface area contributed by atoms with Crippen LogP contribution in [0, 0.1) is 17.8 Å². The Morgan fingerprint density at radius 1 is 0.303 bits per heavy atom. The number of hydrogen-bond acceptors (Lipinski definition) is 6. The zero-order valence-electron chi connectivity index (χ0n) is 45.5. The van der Waals surface area contributed by atoms with Gasteiger partial charge in [0.05, 0.1) is 0 Å². The third kappa shape index (κ3) is 51.8. The van der Waals surface area contributed by atoms with Gasteiger partial charge < -0.3 is 14.2 Å². The third-order valence-corrected chi connectivity index (χ3v) is 14.0. The maximum atomic E-state index is 12.8. The molecule has 392 valence electrons. The van der Waals surface area contributed by atoms with Crippen LogP contribution in [0.3, 0.4) is 0 Å². The molecular formula is C60H116O6. The summed E-state index contributed by atoms with van der Waals surface area (Å²) in [6.45, 7) is 13.7. The van der Waals surface area contributed by atoms with E-state index in [2.05, 4.69) is 41.5 Å². The Morgan fingerprint density at radius 2 is 0.530 bits per heavy atom. The minimum Gasteiger partial charge on any atom is -0.462 e. The average Bonchev–Trinajstić information content (AvgIpc) is 3.29. The Kier molecular flexibility index (Phi) is 50.0. The maximum absolute atomic E-state index is 12.8. The van der Waals surface area contributed by atoms with Crippen molar-refractivity contribution in [1.29, 1.82) is 0 Å². The lowest BCUT2D eigenvalue weighted by Crippen LogP contribution is -2.30. The summed E-state index contributed by atoms with van der Waals surface area (Å²) in [5.74, 6) is 1.67. The molecule has 0 saturated carbocycles. The predicted molar refractivity (Wildman–Crippen MR) is 284 cm³/mol. The molecule has 2 atom stereocenters. The van der Waals surface area contributed by atoms with Crippen molar-refractivity contribution < 1.29 is 28.6 Å². The van der Waals surface area contributed by atoms with Crippen molar-refractivity contribution in [2.45, 2.75) is 337 Å². The van der Waals surface area contributed by atoms with Crippen LogP contribution in [0.25, 0.3) is 0 Å². The molecule has 0 aliphatic carbocycles. The first-order chi connectivity index (χ1) is 32.1. The van der Waals surface area contributed by atoms with Crippen LogP contribution in [0.4, 0.5) is 0 Å². The molecule has 0 aromatic carbocycles. The first-order valence-corrected chi connectivity index (χ1v) is 29.6. The molecular weight excluding hydrogens is 817 g/mol. The van der Waals surface area contributed by atoms with Gasteiger partial charge in [-0.1, -0.05) is 292 Å². The summed E-state index contributed by atoms with van der Waals surface area (Å²) in [4.78, 5) is 38.1. The van der Waals surface area contributed by atoms with Crippen LogP contribution in [0.1, 0.15) is 330 Å². The van der Waals surface area contributed by atoms with Gasteiger partial charge in [-0.15, -0.1) is 0 Å². The topological polar surface area (TPSA) is 78.9 Å². The molecule has 0 amide bonds. The Labute approximate surface area is 412 Å². The second-order valence-electron chi connectivity index (χ2n) is 21.8. The number of carbonyl (C=O) groups is 3. The molecule has 0 aliphatic rings. The number of rotatable bonds is 53. The molecule has 0 aliphatic heterocycles. The lowest BCUT2D eigenvalue weighted by Gasteiger charge is -2.18. The molecule has 6 heteroatoms. The minimum atomic E-state index is -0.764. The van der Waals surface area contributed by atoms with Crippen LogP contribution in [-0.2, 0) is 28.6 Å². The van der Waals surface area contributed by atoms with Gasteiger partial charge in [-0.25, -0.2) is 0 Å². The van der Waals surface area contributed by atoms with Crippen LogP contribution in [0.5, 0.6) is 0 Å². The van der Waals surface area contributed by atoms with Gasteiger partial charge >= 0.3 is 17.9 Å². The summed E-state index contributed by atoms with van der Waals surface area (Å²) in [5, 5.41) is 0. The van der Waals surface area contributed by atoms with E-state index in [1.165, 1.54) is 212 Å². The van der Waals surface area contributed by atoms with Gasteiger partial charge in [0.1, 0.15) is 13.2 Å². The van der Waals surface area contributed by atoms with Gasteiger partial charge in [0.15, 0.2) is 6.10 Å². The van der Waals surface area contributed by atoms with Crippen molar-refractivity contribution in [3.8, 4) is 0 Å². The SMILES string of the molecule is CCC(C)CCCCCCCCCCCCCCCCCCCCC(=O)OC[C@H](COC(=O)CCCCCCCCC(C)C)OC(=O)CCCCCCCCCCCCCCCCC(C)C. The number of hydrogen-bond donors (Lipinski definition) is 0. The van der Waals surface area contributed by atoms with Gasteiger partial charge in [-0.2, -0.15) is 0 Å². The predicted octanol–water partition coefficient (Wildman–Crippen LogP) is 19.5. The lowest BCUT2D eigenvalue weighted by atomic mass is 9.99. The Hall–Kier alpha value is -1.59. The molecule has 0 heterocycles. The van der Waals surface area contributed by atoms with Crippen molar-refractivity contribution in [2.75, 3.05) is 13.2 Å². The molecule has 0 aromatic heterocycles. The number of carbonyl (C=O) groups excluding carboxylic acids is 3. The molecule has 0 saturated heterocycles. The Morgan fingerprint density at radius 3 is 0.788 bits per heavy atom. The molecule has 1 unspecified atom stereocenters. The zero-order chi connectivity index (χ0) is 48.4. The second-order valence-corrected chi connectivity index (χ2v) is 21.8. The monoisotopic (exact) mass is 933 g/mol. The number of unbranched alkanes of at least 4 members (excludes halogenated alkanes) is 35. The minimum absolute atomic E-state index is 0.0642. The summed E-state index contributed by atoms with van der Waals surface area (Å²) in [5.41, 5.74) is 0. The van der Waals surface area contributed by atoms with Crippen LogP contribution in [-0.4, -0.2) is 37.2 Å². The fraction of sp³-hybridized carbons (Fsp3) is 0.950. The first-order valence-electron chi connectivity index (χ1n) is 29.6. The zero-order valence-corrected chi connectivity index (χ0v) is 45.5. The highest BCUT2D eigenvalue weighted by molar-refractivity contribution is 5.71. The van der Waals surface area contributed by atoms with Crippen molar-refractivity contribution in [3.63, 3.8) is 0 Å². The van der Waals surface area contributed by atoms with Crippen LogP contribution in [0.15, 0.2) is 0 Å². The summed E-state index contributed by atoms with van der Waals surface area (Å²) in [6, 6.07) is 0. The van der Waals surface area contributed by atoms with E-state index in [-0.39, 0.29) is 31.1 Å². The molecule has 66 heavy (non-hydrogen) atoms. The molecule has 0 N–H and O–H groups in total. The van der Waals surface area contributed by atoms with E-state index in [0.717, 1.165) is 75.5 Å². The summed E-state index contributed by atoms with van der Waals surface area (Å²) < 4.78 is 16.9. The van der Waals surface area contributed by atoms with Crippen molar-refractivity contribution in [2.24, 2.45) is 17.8 Å². The molecule has 0 rings (SSSR count). The molecule has 0 aromatic rings. The van der Waals surface area contributed by atoms with E-state index in [9.17, 15) is 14.4 Å². The van der Waals surface area contributed by atoms with Crippen molar-refractivity contribution >= 4 is 17.9 Å². The third-order valence-electron chi connectivity index (χ3n) is 14.0. The highest BCUT2D eigenvalue weighted by Gasteiger charge is 2.19. The summed E-state index contributed by atoms with van der Waals surface area (Å²) in [7, 11) is 0. The summed E-state index contributed by atoms with van der Waals surface area (Å²) >= 11 is 0. The highest BCUT2D eigenvalue weighted by Crippen LogP contribution is 2.19. The first kappa shape index (κ1) is 64.4. The largest absolute Gasteiger partial charge is 0.462 e. The Balaban J connectivity index is 4.18. The van der Waals surface area contributed by atoms with Crippen molar-refractivity contribution in [3.05, 3.63) is 0 Å². The van der Waals surface area contributed by atoms with Gasteiger partial charge in [-0.3, -0.25) is 14.4 Å². The van der Waals surface area contributed by atoms with Gasteiger partial charge in [0.2, 0.25) is 0 Å². The summed E-state index contributed by atoms with van der Waals surface area (Å²) in [6.07, 6.45) is 54.0. The quantitative estimate of drug-likeness (QED) is 0.0343. The van der Waals surface area contributed by atoms with Crippen LogP contribution >= 0.6 is 0 Å². The van der Waals surface area contributed by atoms with Gasteiger partial charge in [-0.05, 0) is 37.0 Å². The molecule has 6 nitrogen and oxygen atoms in total. The molecule has 0 spiro atoms. The number of ether oxygens (including phenoxy) is 3. The van der Waals surface area contributed by atoms with Crippen molar-refractivity contribution in [1.82, 2.24) is 0 Å². The standard InChI is InChI=1S/C60H116O6/c1-7-56(6)48-42-36-29-25-21-17-12-10-8-9-11-13-18-22-26-30-37-43-49-58(61)64-52-57(53-65-59(62)50-44-38-33-32-35-41-47-55(4)5)66-60(63)51-45-39-31-27-23-19-15-14-16-20-24-28-34-40-46-54(2)3/h54-57H,7-53H2,1-6H3/t56?,57-/m1/s1. The fourth-order valence-corrected chi connectivity index (χ4v) is 9.14. The van der Waals surface area contributed by atoms with E-state index in [4.69, 9.17) is 14.2 Å². The van der Waals surface area contributed by atoms with E-state index >= 15 is 0 Å². The smallest absolute Gasteiger partial charge is 0.306 e. The normalized spacial score (nSPS) is 12.5. The van der Waals surface area contributed by atoms with Crippen LogP contribution < -0.4 is 0 Å². The van der Waals surface area contributed by atoms with Gasteiger partial charge in [0.25, 0.3) is 0 Å². The molecule has 0 fully saturated rings. The lowest BCUT2D eigenvalue weighted by molar-refractivity contribution is -0.167. The van der Waals surface area contributed by atoms with E-state index in [0.29, 0.717) is 19.3 Å². The van der Waals surface area contributed by atoms with E-state index in [1.54, 1.807) is 0 Å². The van der Waals surface area contributed by atoms with E-state index in [1.807, 2.05) is 0 Å².